The van der Waals surface area contributed by atoms with Crippen LogP contribution in [0.2, 0.25) is 0 Å². The Balaban J connectivity index is 5.40. The number of hydrogen-bond acceptors (Lipinski definition) is 15. The summed E-state index contributed by atoms with van der Waals surface area (Å²) in [6.45, 7) is 4.75. The Morgan fingerprint density at radius 1 is 0.280 bits per heavy atom. The van der Waals surface area contributed by atoms with Gasteiger partial charge in [0.05, 0.1) is 26.4 Å². The first-order chi connectivity index (χ1) is 48.7. The molecule has 3 N–H and O–H groups in total. The van der Waals surface area contributed by atoms with Gasteiger partial charge in [0.1, 0.15) is 19.3 Å². The average Bonchev–Trinajstić information content (AvgIpc) is 1.01. The quantitative estimate of drug-likeness (QED) is 0.0169. The SMILES string of the molecule is CCCCCC/C=C\C=C/CCCCCCCC(=O)OC[C@H](COP(=O)(O)OCC(O)COP(=O)(O)OC[C@@H](COC(=O)CCCCCCC/C=C\C=C/CCCCCC)OC(=O)CCCCCCC/C=C\C=C/CCCCCC)OC(=O)CCCCCCC/C=C\C=C/CCCCCC. The molecule has 19 heteroatoms. The van der Waals surface area contributed by atoms with Gasteiger partial charge < -0.3 is 33.8 Å². The number of unbranched alkanes of at least 4 members (excludes halogenated alkanes) is 36. The van der Waals surface area contributed by atoms with Crippen LogP contribution < -0.4 is 0 Å². The lowest BCUT2D eigenvalue weighted by Crippen LogP contribution is -2.30. The first-order valence-corrected chi connectivity index (χ1v) is 42.5. The summed E-state index contributed by atoms with van der Waals surface area (Å²) in [6.07, 6.45) is 76.6. The van der Waals surface area contributed by atoms with E-state index in [-0.39, 0.29) is 25.7 Å². The molecule has 4 atom stereocenters. The Kier molecular flexibility index (Phi) is 70.4. The molecule has 2 unspecified atom stereocenters. The third-order valence-electron chi connectivity index (χ3n) is 16.6. The molecule has 0 fully saturated rings. The van der Waals surface area contributed by atoms with Crippen LogP contribution in [0.15, 0.2) is 97.2 Å². The molecule has 0 bridgehead atoms. The molecule has 0 spiro atoms. The maximum Gasteiger partial charge on any atom is 0.472 e. The van der Waals surface area contributed by atoms with Crippen LogP contribution >= 0.6 is 15.6 Å². The summed E-state index contributed by atoms with van der Waals surface area (Å²) in [5.41, 5.74) is 0. The number of carbonyl (C=O) groups excluding carboxylic acids is 4. The topological polar surface area (TPSA) is 237 Å². The number of allylic oxidation sites excluding steroid dienone is 16. The zero-order valence-corrected chi connectivity index (χ0v) is 64.9. The Morgan fingerprint density at radius 2 is 0.480 bits per heavy atom. The summed E-state index contributed by atoms with van der Waals surface area (Å²) in [5, 5.41) is 10.6. The minimum absolute atomic E-state index is 0.0736. The Hall–Kier alpha value is -4.02. The van der Waals surface area contributed by atoms with E-state index < -0.39 is 97.5 Å². The van der Waals surface area contributed by atoms with E-state index in [1.54, 1.807) is 0 Å². The molecule has 17 nitrogen and oxygen atoms in total. The van der Waals surface area contributed by atoms with Gasteiger partial charge in [0.25, 0.3) is 0 Å². The highest BCUT2D eigenvalue weighted by Gasteiger charge is 2.30. The molecule has 100 heavy (non-hydrogen) atoms. The summed E-state index contributed by atoms with van der Waals surface area (Å²) in [6, 6.07) is 0. The van der Waals surface area contributed by atoms with Gasteiger partial charge in [-0.05, 0) is 128 Å². The van der Waals surface area contributed by atoms with Crippen molar-refractivity contribution in [2.24, 2.45) is 0 Å². The highest BCUT2D eigenvalue weighted by atomic mass is 31.2. The van der Waals surface area contributed by atoms with Crippen LogP contribution in [0.5, 0.6) is 0 Å². The van der Waals surface area contributed by atoms with E-state index in [0.29, 0.717) is 25.7 Å². The van der Waals surface area contributed by atoms with Gasteiger partial charge in [0.2, 0.25) is 0 Å². The van der Waals surface area contributed by atoms with Crippen LogP contribution in [-0.2, 0) is 65.4 Å². The van der Waals surface area contributed by atoms with Gasteiger partial charge in [-0.15, -0.1) is 0 Å². The number of ether oxygens (including phenoxy) is 4. The van der Waals surface area contributed by atoms with E-state index in [4.69, 9.17) is 37.0 Å². The summed E-state index contributed by atoms with van der Waals surface area (Å²) < 4.78 is 68.5. The fourth-order valence-electron chi connectivity index (χ4n) is 10.5. The number of rotatable bonds is 74. The van der Waals surface area contributed by atoms with Crippen molar-refractivity contribution in [3.8, 4) is 0 Å². The predicted octanol–water partition coefficient (Wildman–Crippen LogP) is 22.8. The van der Waals surface area contributed by atoms with Gasteiger partial charge in [-0.3, -0.25) is 37.3 Å². The van der Waals surface area contributed by atoms with Crippen molar-refractivity contribution < 1.29 is 80.2 Å². The van der Waals surface area contributed by atoms with Gasteiger partial charge in [-0.25, -0.2) is 9.13 Å². The van der Waals surface area contributed by atoms with Gasteiger partial charge in [-0.2, -0.15) is 0 Å². The fraction of sp³-hybridized carbons (Fsp3) is 0.753. The molecule has 0 aliphatic heterocycles. The summed E-state index contributed by atoms with van der Waals surface area (Å²) in [5.74, 6) is -2.23. The van der Waals surface area contributed by atoms with E-state index in [0.717, 1.165) is 154 Å². The molecule has 0 aromatic carbocycles. The van der Waals surface area contributed by atoms with Gasteiger partial charge >= 0.3 is 39.5 Å². The lowest BCUT2D eigenvalue weighted by atomic mass is 10.1. The molecule has 0 aromatic heterocycles. The van der Waals surface area contributed by atoms with E-state index >= 15 is 0 Å². The van der Waals surface area contributed by atoms with Crippen LogP contribution in [0, 0.1) is 0 Å². The second-order valence-corrected chi connectivity index (χ2v) is 29.3. The number of aliphatic hydroxyl groups is 1. The lowest BCUT2D eigenvalue weighted by Gasteiger charge is -2.21. The van der Waals surface area contributed by atoms with Crippen LogP contribution in [0.25, 0.3) is 0 Å². The third kappa shape index (κ3) is 72.3. The maximum absolute atomic E-state index is 13.1. The van der Waals surface area contributed by atoms with Gasteiger partial charge in [0.15, 0.2) is 12.2 Å². The highest BCUT2D eigenvalue weighted by molar-refractivity contribution is 7.47. The molecule has 0 saturated carbocycles. The number of phosphoric ester groups is 2. The molecule has 0 aliphatic rings. The molecular formula is C81H142O17P2. The summed E-state index contributed by atoms with van der Waals surface area (Å²) >= 11 is 0. The molecule has 0 aromatic rings. The highest BCUT2D eigenvalue weighted by Crippen LogP contribution is 2.45. The largest absolute Gasteiger partial charge is 0.472 e. The van der Waals surface area contributed by atoms with Crippen molar-refractivity contribution >= 4 is 39.5 Å². The van der Waals surface area contributed by atoms with E-state index in [1.165, 1.54) is 103 Å². The molecule has 0 saturated heterocycles. The van der Waals surface area contributed by atoms with Crippen molar-refractivity contribution in [3.05, 3.63) is 97.2 Å². The normalized spacial score (nSPS) is 14.4. The lowest BCUT2D eigenvalue weighted by molar-refractivity contribution is -0.161. The average molecular weight is 1450 g/mol. The van der Waals surface area contributed by atoms with Crippen molar-refractivity contribution in [2.75, 3.05) is 39.6 Å². The van der Waals surface area contributed by atoms with E-state index in [2.05, 4.69) is 125 Å². The molecular weight excluding hydrogens is 1310 g/mol. The smallest absolute Gasteiger partial charge is 0.462 e. The molecule has 0 aliphatic carbocycles. The van der Waals surface area contributed by atoms with Crippen molar-refractivity contribution in [1.29, 1.82) is 0 Å². The first kappa shape index (κ1) is 96.0. The number of phosphoric acid groups is 2. The Bertz CT molecular complexity index is 2120. The second kappa shape index (κ2) is 73.3. The zero-order chi connectivity index (χ0) is 73.2. The van der Waals surface area contributed by atoms with Gasteiger partial charge in [-0.1, -0.05) is 279 Å². The minimum Gasteiger partial charge on any atom is -0.462 e. The monoisotopic (exact) mass is 1450 g/mol. The van der Waals surface area contributed by atoms with Crippen LogP contribution in [0.1, 0.15) is 336 Å². The molecule has 0 rings (SSSR count). The van der Waals surface area contributed by atoms with Gasteiger partial charge in [0, 0.05) is 25.7 Å². The van der Waals surface area contributed by atoms with E-state index in [9.17, 15) is 43.2 Å². The number of aliphatic hydroxyl groups excluding tert-OH is 1. The summed E-state index contributed by atoms with van der Waals surface area (Å²) in [7, 11) is -9.97. The van der Waals surface area contributed by atoms with Crippen molar-refractivity contribution in [3.63, 3.8) is 0 Å². The number of esters is 4. The molecule has 0 radical (unpaired) electrons. The molecule has 578 valence electrons. The predicted molar refractivity (Wildman–Crippen MR) is 409 cm³/mol. The van der Waals surface area contributed by atoms with Crippen molar-refractivity contribution in [2.45, 2.75) is 354 Å². The standard InChI is InChI=1S/C81H142O17P2/c1-5-9-13-17-21-25-29-33-37-41-45-49-53-57-61-65-78(83)91-71-76(97-80(85)67-63-59-55-51-47-43-39-35-31-27-23-19-15-11-7-3)73-95-99(87,88)93-69-75(82)70-94-100(89,90)96-74-77(98-81(86)68-64-60-56-52-48-44-40-36-32-28-24-20-16-12-8-4)72-92-79(84)66-62-58-54-50-46-42-38-34-30-26-22-18-14-10-6-2/h25-40,75-77,82H,5-24,41-74H2,1-4H3,(H,87,88)(H,89,90)/b29-25-,30-26-,31-27-,32-28-,37-33-,38-34-,39-35-,40-36-/t76-,77-/m1/s1. The van der Waals surface area contributed by atoms with Crippen LogP contribution in [-0.4, -0.2) is 96.7 Å². The number of carbonyl (C=O) groups is 4. The first-order valence-electron chi connectivity index (χ1n) is 39.5. The molecule has 0 amide bonds. The zero-order valence-electron chi connectivity index (χ0n) is 63.1. The summed E-state index contributed by atoms with van der Waals surface area (Å²) in [4.78, 5) is 72.9. The van der Waals surface area contributed by atoms with Crippen molar-refractivity contribution in [1.82, 2.24) is 0 Å². The Labute approximate surface area is 607 Å². The van der Waals surface area contributed by atoms with Crippen LogP contribution in [0.4, 0.5) is 0 Å². The third-order valence-corrected chi connectivity index (χ3v) is 18.5. The second-order valence-electron chi connectivity index (χ2n) is 26.4. The van der Waals surface area contributed by atoms with E-state index in [1.807, 2.05) is 0 Å². The fourth-order valence-corrected chi connectivity index (χ4v) is 12.1. The minimum atomic E-state index is -4.98. The van der Waals surface area contributed by atoms with Crippen LogP contribution in [0.3, 0.4) is 0 Å². The maximum atomic E-state index is 13.1. The molecule has 0 heterocycles. The number of hydrogen-bond donors (Lipinski definition) is 3. The Morgan fingerprint density at radius 3 is 0.720 bits per heavy atom.